The zero-order chi connectivity index (χ0) is 30.1. The van der Waals surface area contributed by atoms with Crippen LogP contribution in [0.4, 0.5) is 17.1 Å². The van der Waals surface area contributed by atoms with Crippen LogP contribution in [0.25, 0.3) is 55.0 Å². The Morgan fingerprint density at radius 3 is 2.04 bits per heavy atom. The van der Waals surface area contributed by atoms with E-state index in [1.165, 1.54) is 54.9 Å². The third-order valence-corrected chi connectivity index (χ3v) is 9.62. The largest absolute Gasteiger partial charge is 0.456 e. The molecule has 0 spiro atoms. The van der Waals surface area contributed by atoms with Gasteiger partial charge in [-0.3, -0.25) is 0 Å². The van der Waals surface area contributed by atoms with Crippen molar-refractivity contribution in [3.05, 3.63) is 163 Å². The maximum atomic E-state index is 6.30. The first-order valence-corrected chi connectivity index (χ1v) is 15.6. The molecule has 1 aliphatic carbocycles. The highest BCUT2D eigenvalue weighted by Crippen LogP contribution is 2.52. The van der Waals surface area contributed by atoms with Crippen molar-refractivity contribution < 1.29 is 4.42 Å². The summed E-state index contributed by atoms with van der Waals surface area (Å²) >= 11 is 0. The van der Waals surface area contributed by atoms with E-state index in [0.29, 0.717) is 0 Å². The summed E-state index contributed by atoms with van der Waals surface area (Å²) in [5.74, 6) is 0. The Hall–Kier alpha value is -5.60. The fourth-order valence-electron chi connectivity index (χ4n) is 7.30. The predicted molar refractivity (Wildman–Crippen MR) is 189 cm³/mol. The van der Waals surface area contributed by atoms with Crippen LogP contribution in [0.5, 0.6) is 0 Å². The van der Waals surface area contributed by atoms with Crippen molar-refractivity contribution in [1.82, 2.24) is 0 Å². The number of furan rings is 1. The number of para-hydroxylation sites is 2. The van der Waals surface area contributed by atoms with Crippen molar-refractivity contribution in [3.63, 3.8) is 0 Å². The second kappa shape index (κ2) is 9.70. The summed E-state index contributed by atoms with van der Waals surface area (Å²) in [5, 5.41) is 4.86. The third-order valence-electron chi connectivity index (χ3n) is 9.62. The lowest BCUT2D eigenvalue weighted by Gasteiger charge is -2.28. The van der Waals surface area contributed by atoms with Crippen LogP contribution in [-0.2, 0) is 5.41 Å². The van der Waals surface area contributed by atoms with Crippen molar-refractivity contribution in [2.45, 2.75) is 19.3 Å². The summed E-state index contributed by atoms with van der Waals surface area (Å²) in [6, 6.07) is 54.8. The van der Waals surface area contributed by atoms with Gasteiger partial charge >= 0.3 is 0 Å². The Morgan fingerprint density at radius 1 is 0.444 bits per heavy atom. The van der Waals surface area contributed by atoms with Gasteiger partial charge in [-0.2, -0.15) is 0 Å². The Bertz CT molecular complexity index is 2410. The van der Waals surface area contributed by atoms with Gasteiger partial charge in [-0.25, -0.2) is 0 Å². The molecule has 2 nitrogen and oxygen atoms in total. The van der Waals surface area contributed by atoms with E-state index in [2.05, 4.69) is 164 Å². The van der Waals surface area contributed by atoms with Crippen molar-refractivity contribution in [1.29, 1.82) is 0 Å². The van der Waals surface area contributed by atoms with Crippen LogP contribution in [0.3, 0.4) is 0 Å². The number of fused-ring (bicyclic) bond motifs is 7. The molecule has 0 amide bonds. The number of anilines is 3. The molecule has 0 radical (unpaired) electrons. The molecule has 214 valence electrons. The van der Waals surface area contributed by atoms with Crippen molar-refractivity contribution in [3.8, 4) is 22.3 Å². The van der Waals surface area contributed by atoms with Crippen molar-refractivity contribution in [2.75, 3.05) is 4.90 Å². The minimum absolute atomic E-state index is 0.164. The minimum Gasteiger partial charge on any atom is -0.456 e. The zero-order valence-electron chi connectivity index (χ0n) is 25.3. The Morgan fingerprint density at radius 2 is 1.16 bits per heavy atom. The highest BCUT2D eigenvalue weighted by molar-refractivity contribution is 6.07. The van der Waals surface area contributed by atoms with E-state index in [9.17, 15) is 0 Å². The maximum Gasteiger partial charge on any atom is 0.136 e. The fraction of sp³-hybridized carbons (Fsp3) is 0.0698. The minimum atomic E-state index is -0.164. The number of rotatable bonds is 4. The molecule has 0 fully saturated rings. The molecule has 0 bridgehead atoms. The standard InChI is InChI=1S/C43H31NO/c1-43(2)39-25-34(21-22-35(39)37-27-42-38(26-40(37)43)36-17-8-9-18-41(36)45-42)44(32-14-4-3-5-15-32)33-16-10-13-30(24-33)31-20-19-28-11-6-7-12-29(28)23-31/h3-27H,1-2H3. The molecule has 9 rings (SSSR count). The molecule has 0 unspecified atom stereocenters. The first-order chi connectivity index (χ1) is 22.0. The van der Waals surface area contributed by atoms with Crippen molar-refractivity contribution in [2.24, 2.45) is 0 Å². The van der Waals surface area contributed by atoms with E-state index < -0.39 is 0 Å². The molecule has 45 heavy (non-hydrogen) atoms. The maximum absolute atomic E-state index is 6.30. The molecule has 1 aliphatic rings. The summed E-state index contributed by atoms with van der Waals surface area (Å²) in [5.41, 5.74) is 12.7. The van der Waals surface area contributed by atoms with Crippen LogP contribution in [-0.4, -0.2) is 0 Å². The molecule has 1 aromatic heterocycles. The summed E-state index contributed by atoms with van der Waals surface area (Å²) in [4.78, 5) is 2.38. The predicted octanol–water partition coefficient (Wildman–Crippen LogP) is 12.2. The van der Waals surface area contributed by atoms with Crippen LogP contribution in [0.15, 0.2) is 156 Å². The summed E-state index contributed by atoms with van der Waals surface area (Å²) in [7, 11) is 0. The highest BCUT2D eigenvalue weighted by Gasteiger charge is 2.37. The van der Waals surface area contributed by atoms with E-state index in [1.807, 2.05) is 6.07 Å². The fourth-order valence-corrected chi connectivity index (χ4v) is 7.30. The van der Waals surface area contributed by atoms with Gasteiger partial charge in [0.15, 0.2) is 0 Å². The van der Waals surface area contributed by atoms with Gasteiger partial charge in [0.1, 0.15) is 11.2 Å². The van der Waals surface area contributed by atoms with E-state index in [0.717, 1.165) is 28.2 Å². The van der Waals surface area contributed by atoms with Crippen LogP contribution >= 0.6 is 0 Å². The van der Waals surface area contributed by atoms with E-state index >= 15 is 0 Å². The van der Waals surface area contributed by atoms with Crippen LogP contribution in [0.2, 0.25) is 0 Å². The number of nitrogens with zero attached hydrogens (tertiary/aromatic N) is 1. The van der Waals surface area contributed by atoms with Gasteiger partial charge in [-0.15, -0.1) is 0 Å². The van der Waals surface area contributed by atoms with Crippen LogP contribution in [0.1, 0.15) is 25.0 Å². The number of hydrogen-bond donors (Lipinski definition) is 0. The molecule has 1 heterocycles. The second-order valence-corrected chi connectivity index (χ2v) is 12.6. The van der Waals surface area contributed by atoms with Gasteiger partial charge in [0.25, 0.3) is 0 Å². The average molecular weight is 578 g/mol. The first-order valence-electron chi connectivity index (χ1n) is 15.6. The zero-order valence-corrected chi connectivity index (χ0v) is 25.3. The van der Waals surface area contributed by atoms with Gasteiger partial charge in [0, 0.05) is 33.2 Å². The molecule has 0 N–H and O–H groups in total. The third kappa shape index (κ3) is 4.03. The molecule has 7 aromatic carbocycles. The van der Waals surface area contributed by atoms with Gasteiger partial charge < -0.3 is 9.32 Å². The molecule has 0 atom stereocenters. The van der Waals surface area contributed by atoms with Gasteiger partial charge in [-0.05, 0) is 105 Å². The monoisotopic (exact) mass is 577 g/mol. The number of benzene rings is 7. The summed E-state index contributed by atoms with van der Waals surface area (Å²) < 4.78 is 6.30. The lowest BCUT2D eigenvalue weighted by Crippen LogP contribution is -2.16. The highest BCUT2D eigenvalue weighted by atomic mass is 16.3. The SMILES string of the molecule is CC1(C)c2cc(N(c3ccccc3)c3cccc(-c4ccc5ccccc5c4)c3)ccc2-c2cc3oc4ccccc4c3cc21. The lowest BCUT2D eigenvalue weighted by atomic mass is 9.82. The Labute approximate surface area is 262 Å². The smallest absolute Gasteiger partial charge is 0.136 e. The van der Waals surface area contributed by atoms with Crippen LogP contribution < -0.4 is 4.90 Å². The molecular weight excluding hydrogens is 546 g/mol. The second-order valence-electron chi connectivity index (χ2n) is 12.6. The van der Waals surface area contributed by atoms with E-state index in [4.69, 9.17) is 4.42 Å². The Balaban J connectivity index is 1.18. The van der Waals surface area contributed by atoms with Gasteiger partial charge in [0.2, 0.25) is 0 Å². The van der Waals surface area contributed by atoms with E-state index in [1.54, 1.807) is 0 Å². The molecule has 0 saturated heterocycles. The molecule has 2 heteroatoms. The summed E-state index contributed by atoms with van der Waals surface area (Å²) in [6.45, 7) is 4.70. The Kier molecular flexibility index (Phi) is 5.58. The molecule has 0 aliphatic heterocycles. The first kappa shape index (κ1) is 25.9. The normalized spacial score (nSPS) is 13.3. The van der Waals surface area contributed by atoms with Gasteiger partial charge in [0.05, 0.1) is 0 Å². The van der Waals surface area contributed by atoms with Gasteiger partial charge in [-0.1, -0.05) is 105 Å². The summed E-state index contributed by atoms with van der Waals surface area (Å²) in [6.07, 6.45) is 0. The molecule has 8 aromatic rings. The molecule has 0 saturated carbocycles. The topological polar surface area (TPSA) is 16.4 Å². The lowest BCUT2D eigenvalue weighted by molar-refractivity contribution is 0.658. The quantitative estimate of drug-likeness (QED) is 0.207. The van der Waals surface area contributed by atoms with E-state index in [-0.39, 0.29) is 5.41 Å². The van der Waals surface area contributed by atoms with Crippen LogP contribution in [0, 0.1) is 0 Å². The molecular formula is C43H31NO. The average Bonchev–Trinajstić information content (AvgIpc) is 3.55. The van der Waals surface area contributed by atoms with Crippen molar-refractivity contribution >= 4 is 49.8 Å². The number of hydrogen-bond acceptors (Lipinski definition) is 2.